The molecule has 2 N–H and O–H groups in total. The number of likely N-dealkylation sites (tertiary alicyclic amines) is 1. The number of imide groups is 1. The molecule has 0 unspecified atom stereocenters. The molecule has 6 heteroatoms. The first kappa shape index (κ1) is 21.5. The number of nitrogens with zero attached hydrogens (tertiary/aromatic N) is 1. The maximum Gasteiger partial charge on any atom is 0.233 e. The van der Waals surface area contributed by atoms with Crippen LogP contribution in [-0.4, -0.2) is 49.8 Å². The zero-order valence-electron chi connectivity index (χ0n) is 17.9. The largest absolute Gasteiger partial charge is 0.350 e. The second-order valence-corrected chi connectivity index (χ2v) is 8.60. The number of benzene rings is 1. The molecule has 1 aromatic carbocycles. The van der Waals surface area contributed by atoms with Crippen LogP contribution in [0.2, 0.25) is 0 Å². The number of likely N-dealkylation sites (N-methyl/N-ethyl adjacent to an activating group) is 1. The second kappa shape index (κ2) is 9.53. The van der Waals surface area contributed by atoms with E-state index >= 15 is 0 Å². The van der Waals surface area contributed by atoms with E-state index in [0.717, 1.165) is 32.1 Å². The lowest BCUT2D eigenvalue weighted by Gasteiger charge is -2.23. The van der Waals surface area contributed by atoms with Gasteiger partial charge in [-0.05, 0) is 24.8 Å². The highest BCUT2D eigenvalue weighted by molar-refractivity contribution is 6.05. The van der Waals surface area contributed by atoms with Crippen LogP contribution in [0.15, 0.2) is 24.3 Å². The Kier molecular flexibility index (Phi) is 7.06. The van der Waals surface area contributed by atoms with Gasteiger partial charge in [-0.15, -0.1) is 0 Å². The van der Waals surface area contributed by atoms with Crippen LogP contribution in [0.25, 0.3) is 0 Å². The zero-order valence-corrected chi connectivity index (χ0v) is 17.9. The number of hydrogen-bond acceptors (Lipinski definition) is 3. The predicted octanol–water partition coefficient (Wildman–Crippen LogP) is 1.12. The topological polar surface area (TPSA) is 70.9 Å². The molecule has 0 spiro atoms. The molecular weight excluding hydrogens is 366 g/mol. The van der Waals surface area contributed by atoms with Crippen LogP contribution in [0.5, 0.6) is 0 Å². The minimum atomic E-state index is -0.146. The first-order valence-electron chi connectivity index (χ1n) is 10.9. The molecule has 3 amide bonds. The van der Waals surface area contributed by atoms with E-state index in [4.69, 9.17) is 0 Å². The number of carbonyl (C=O) groups is 3. The molecule has 1 saturated heterocycles. The Hall–Kier alpha value is -2.21. The van der Waals surface area contributed by atoms with Crippen molar-refractivity contribution < 1.29 is 19.3 Å². The number of rotatable bonds is 8. The van der Waals surface area contributed by atoms with Crippen LogP contribution < -0.4 is 10.2 Å². The second-order valence-electron chi connectivity index (χ2n) is 8.60. The number of carbonyl (C=O) groups excluding carboxylic acids is 3. The molecule has 1 aromatic rings. The van der Waals surface area contributed by atoms with Crippen molar-refractivity contribution in [2.75, 3.05) is 27.2 Å². The van der Waals surface area contributed by atoms with Gasteiger partial charge in [0.1, 0.15) is 6.04 Å². The normalized spacial score (nSPS) is 22.7. The lowest BCUT2D eigenvalue weighted by atomic mass is 9.81. The van der Waals surface area contributed by atoms with E-state index in [-0.39, 0.29) is 48.6 Å². The predicted molar refractivity (Wildman–Crippen MR) is 111 cm³/mol. The van der Waals surface area contributed by atoms with Crippen molar-refractivity contribution in [3.05, 3.63) is 35.4 Å². The van der Waals surface area contributed by atoms with Crippen LogP contribution in [0.4, 0.5) is 0 Å². The van der Waals surface area contributed by atoms with Gasteiger partial charge in [0.05, 0.1) is 32.5 Å². The summed E-state index contributed by atoms with van der Waals surface area (Å²) < 4.78 is 0. The Morgan fingerprint density at radius 2 is 1.69 bits per heavy atom. The summed E-state index contributed by atoms with van der Waals surface area (Å²) in [6.45, 7) is 2.86. The molecule has 29 heavy (non-hydrogen) atoms. The summed E-state index contributed by atoms with van der Waals surface area (Å²) in [7, 11) is 4.15. The van der Waals surface area contributed by atoms with E-state index in [1.54, 1.807) is 0 Å². The number of nitrogens with one attached hydrogen (secondary N) is 2. The Balaban J connectivity index is 1.51. The van der Waals surface area contributed by atoms with Crippen molar-refractivity contribution in [3.8, 4) is 0 Å². The van der Waals surface area contributed by atoms with Gasteiger partial charge in [-0.2, -0.15) is 0 Å². The smallest absolute Gasteiger partial charge is 0.233 e. The lowest BCUT2D eigenvalue weighted by molar-refractivity contribution is -0.890. The molecule has 1 heterocycles. The summed E-state index contributed by atoms with van der Waals surface area (Å²) in [6.07, 6.45) is 4.82. The quantitative estimate of drug-likeness (QED) is 0.643. The molecule has 3 rings (SSSR count). The van der Waals surface area contributed by atoms with E-state index < -0.39 is 0 Å². The molecular formula is C23H34N3O3+. The fourth-order valence-electron chi connectivity index (χ4n) is 4.61. The van der Waals surface area contributed by atoms with E-state index in [0.29, 0.717) is 6.54 Å². The van der Waals surface area contributed by atoms with Crippen LogP contribution in [0.3, 0.4) is 0 Å². The van der Waals surface area contributed by atoms with Gasteiger partial charge in [-0.1, -0.05) is 44.0 Å². The standard InChI is InChI=1S/C23H33N3O3/c1-4-16-9-11-17(12-10-16)20(25(2)3)15-24-21(27)13-14-26-22(28)18-7-5-6-8-19(18)23(26)29/h9-12,18-20H,4-8,13-15H2,1-3H3,(H,24,27)/p+1/t18-,19-,20-/m0/s1. The third-order valence-corrected chi connectivity index (χ3v) is 6.49. The molecule has 2 aliphatic rings. The summed E-state index contributed by atoms with van der Waals surface area (Å²) in [4.78, 5) is 40.0. The van der Waals surface area contributed by atoms with Crippen molar-refractivity contribution in [2.24, 2.45) is 11.8 Å². The highest BCUT2D eigenvalue weighted by Gasteiger charge is 2.47. The van der Waals surface area contributed by atoms with Gasteiger partial charge in [0.15, 0.2) is 0 Å². The van der Waals surface area contributed by atoms with Crippen LogP contribution in [0, 0.1) is 11.8 Å². The van der Waals surface area contributed by atoms with Gasteiger partial charge in [-0.3, -0.25) is 19.3 Å². The number of quaternary nitrogens is 1. The summed E-state index contributed by atoms with van der Waals surface area (Å²) in [5, 5.41) is 3.00. The van der Waals surface area contributed by atoms with Gasteiger partial charge in [-0.25, -0.2) is 0 Å². The SMILES string of the molecule is CCc1ccc([C@H](CNC(=O)CCN2C(=O)[C@H]3CCCC[C@@H]3C2=O)[NH+](C)C)cc1. The average molecular weight is 401 g/mol. The molecule has 158 valence electrons. The van der Waals surface area contributed by atoms with Gasteiger partial charge in [0.2, 0.25) is 17.7 Å². The van der Waals surface area contributed by atoms with E-state index in [1.807, 2.05) is 0 Å². The van der Waals surface area contributed by atoms with E-state index in [1.165, 1.54) is 20.9 Å². The molecule has 6 nitrogen and oxygen atoms in total. The van der Waals surface area contributed by atoms with Crippen molar-refractivity contribution in [1.82, 2.24) is 10.2 Å². The maximum atomic E-state index is 12.5. The Bertz CT molecular complexity index is 720. The molecule has 3 atom stereocenters. The van der Waals surface area contributed by atoms with Gasteiger partial charge < -0.3 is 10.2 Å². The number of aryl methyl sites for hydroxylation is 1. The molecule has 0 bridgehead atoms. The average Bonchev–Trinajstić information content (AvgIpc) is 2.97. The summed E-state index contributed by atoms with van der Waals surface area (Å²) in [5.74, 6) is -0.547. The molecule has 0 aromatic heterocycles. The molecule has 2 fully saturated rings. The minimum absolute atomic E-state index is 0.0703. The van der Waals surface area contributed by atoms with Gasteiger partial charge in [0, 0.05) is 18.5 Å². The Morgan fingerprint density at radius 3 is 2.21 bits per heavy atom. The van der Waals surface area contributed by atoms with Crippen LogP contribution >= 0.6 is 0 Å². The number of fused-ring (bicyclic) bond motifs is 1. The highest BCUT2D eigenvalue weighted by atomic mass is 16.2. The van der Waals surface area contributed by atoms with Gasteiger partial charge >= 0.3 is 0 Å². The molecule has 1 aliphatic heterocycles. The molecule has 1 saturated carbocycles. The van der Waals surface area contributed by atoms with E-state index in [2.05, 4.69) is 50.6 Å². The third kappa shape index (κ3) is 4.86. The van der Waals surface area contributed by atoms with Crippen LogP contribution in [-0.2, 0) is 20.8 Å². The Labute approximate surface area is 173 Å². The Morgan fingerprint density at radius 1 is 1.10 bits per heavy atom. The maximum absolute atomic E-state index is 12.5. The fraction of sp³-hybridized carbons (Fsp3) is 0.609. The first-order chi connectivity index (χ1) is 13.9. The molecule has 0 radical (unpaired) electrons. The summed E-state index contributed by atoms with van der Waals surface area (Å²) >= 11 is 0. The number of amides is 3. The summed E-state index contributed by atoms with van der Waals surface area (Å²) in [5.41, 5.74) is 2.49. The lowest BCUT2D eigenvalue weighted by Crippen LogP contribution is -3.07. The highest BCUT2D eigenvalue weighted by Crippen LogP contribution is 2.37. The fourth-order valence-corrected chi connectivity index (χ4v) is 4.61. The minimum Gasteiger partial charge on any atom is -0.350 e. The monoisotopic (exact) mass is 400 g/mol. The third-order valence-electron chi connectivity index (χ3n) is 6.49. The van der Waals surface area contributed by atoms with E-state index in [9.17, 15) is 14.4 Å². The molecule has 1 aliphatic carbocycles. The van der Waals surface area contributed by atoms with Crippen molar-refractivity contribution in [2.45, 2.75) is 51.5 Å². The van der Waals surface area contributed by atoms with Crippen molar-refractivity contribution in [1.29, 1.82) is 0 Å². The number of hydrogen-bond donors (Lipinski definition) is 2. The first-order valence-corrected chi connectivity index (χ1v) is 10.9. The van der Waals surface area contributed by atoms with Crippen molar-refractivity contribution >= 4 is 17.7 Å². The van der Waals surface area contributed by atoms with Crippen LogP contribution in [0.1, 0.15) is 56.2 Å². The zero-order chi connectivity index (χ0) is 21.0. The summed E-state index contributed by atoms with van der Waals surface area (Å²) in [6, 6.07) is 8.69. The van der Waals surface area contributed by atoms with Crippen molar-refractivity contribution in [3.63, 3.8) is 0 Å². The van der Waals surface area contributed by atoms with Gasteiger partial charge in [0.25, 0.3) is 0 Å².